The number of rotatable bonds is 4. The lowest BCUT2D eigenvalue weighted by Crippen LogP contribution is -2.48. The molecule has 0 bridgehead atoms. The minimum atomic E-state index is -0.00473. The summed E-state index contributed by atoms with van der Waals surface area (Å²) in [4.78, 5) is 20.5. The van der Waals surface area contributed by atoms with Crippen LogP contribution in [0.3, 0.4) is 0 Å². The SMILES string of the molecule is O=C(CN1CCN(c2ccc(Cl)cc2)CC1)Nc1nccs1. The molecule has 0 spiro atoms. The molecule has 0 radical (unpaired) electrons. The van der Waals surface area contributed by atoms with Gasteiger partial charge in [0.1, 0.15) is 0 Å². The molecular formula is C15H17ClN4OS. The summed E-state index contributed by atoms with van der Waals surface area (Å²) in [7, 11) is 0. The van der Waals surface area contributed by atoms with Crippen molar-refractivity contribution >= 4 is 39.7 Å². The molecule has 1 aliphatic heterocycles. The number of thiazole rings is 1. The van der Waals surface area contributed by atoms with Gasteiger partial charge >= 0.3 is 0 Å². The van der Waals surface area contributed by atoms with E-state index >= 15 is 0 Å². The molecule has 7 heteroatoms. The maximum absolute atomic E-state index is 12.0. The summed E-state index contributed by atoms with van der Waals surface area (Å²) in [6.07, 6.45) is 1.69. The molecule has 0 atom stereocenters. The first-order valence-corrected chi connectivity index (χ1v) is 8.39. The Bertz CT molecular complexity index is 609. The quantitative estimate of drug-likeness (QED) is 0.932. The van der Waals surface area contributed by atoms with E-state index in [1.165, 1.54) is 17.0 Å². The van der Waals surface area contributed by atoms with Gasteiger partial charge in [-0.1, -0.05) is 11.6 Å². The highest BCUT2D eigenvalue weighted by atomic mass is 35.5. The zero-order valence-corrected chi connectivity index (χ0v) is 13.6. The number of piperazine rings is 1. The molecular weight excluding hydrogens is 320 g/mol. The van der Waals surface area contributed by atoms with E-state index in [0.29, 0.717) is 11.7 Å². The van der Waals surface area contributed by atoms with Crippen molar-refractivity contribution in [2.24, 2.45) is 0 Å². The van der Waals surface area contributed by atoms with Crippen molar-refractivity contribution in [3.8, 4) is 0 Å². The second kappa shape index (κ2) is 7.09. The fraction of sp³-hybridized carbons (Fsp3) is 0.333. The smallest absolute Gasteiger partial charge is 0.240 e. The minimum absolute atomic E-state index is 0.00473. The number of carbonyl (C=O) groups is 1. The summed E-state index contributed by atoms with van der Waals surface area (Å²) in [6, 6.07) is 7.88. The topological polar surface area (TPSA) is 48.5 Å². The Morgan fingerprint density at radius 1 is 1.23 bits per heavy atom. The number of hydrogen-bond acceptors (Lipinski definition) is 5. The van der Waals surface area contributed by atoms with E-state index < -0.39 is 0 Å². The largest absolute Gasteiger partial charge is 0.369 e. The lowest BCUT2D eigenvalue weighted by atomic mass is 10.2. The summed E-state index contributed by atoms with van der Waals surface area (Å²) in [5, 5.41) is 6.07. The van der Waals surface area contributed by atoms with Crippen LogP contribution in [0.2, 0.25) is 5.02 Å². The molecule has 0 aliphatic carbocycles. The number of nitrogens with zero attached hydrogens (tertiary/aromatic N) is 3. The average molecular weight is 337 g/mol. The Labute approximate surface area is 138 Å². The van der Waals surface area contributed by atoms with Gasteiger partial charge in [0.2, 0.25) is 5.91 Å². The van der Waals surface area contributed by atoms with Crippen LogP contribution in [-0.4, -0.2) is 48.5 Å². The number of benzene rings is 1. The summed E-state index contributed by atoms with van der Waals surface area (Å²) in [5.41, 5.74) is 1.18. The molecule has 0 saturated carbocycles. The number of amides is 1. The number of halogens is 1. The van der Waals surface area contributed by atoms with Gasteiger partial charge in [-0.15, -0.1) is 11.3 Å². The predicted octanol–water partition coefficient (Wildman–Crippen LogP) is 2.56. The van der Waals surface area contributed by atoms with Crippen molar-refractivity contribution in [1.29, 1.82) is 0 Å². The predicted molar refractivity (Wildman–Crippen MR) is 90.8 cm³/mol. The Balaban J connectivity index is 1.47. The van der Waals surface area contributed by atoms with Gasteiger partial charge < -0.3 is 10.2 Å². The zero-order valence-electron chi connectivity index (χ0n) is 12.0. The lowest BCUT2D eigenvalue weighted by molar-refractivity contribution is -0.117. The number of anilines is 2. The van der Waals surface area contributed by atoms with Gasteiger partial charge in [0.25, 0.3) is 0 Å². The highest BCUT2D eigenvalue weighted by Gasteiger charge is 2.19. The fourth-order valence-corrected chi connectivity index (χ4v) is 3.13. The minimum Gasteiger partial charge on any atom is -0.369 e. The van der Waals surface area contributed by atoms with Crippen molar-refractivity contribution < 1.29 is 4.79 Å². The summed E-state index contributed by atoms with van der Waals surface area (Å²) in [6.45, 7) is 3.97. The second-order valence-electron chi connectivity index (χ2n) is 5.13. The van der Waals surface area contributed by atoms with E-state index in [-0.39, 0.29) is 5.91 Å². The first-order valence-electron chi connectivity index (χ1n) is 7.13. The molecule has 1 N–H and O–H groups in total. The number of hydrogen-bond donors (Lipinski definition) is 1. The van der Waals surface area contributed by atoms with Crippen molar-refractivity contribution in [3.63, 3.8) is 0 Å². The monoisotopic (exact) mass is 336 g/mol. The molecule has 0 unspecified atom stereocenters. The third kappa shape index (κ3) is 3.97. The molecule has 116 valence electrons. The Morgan fingerprint density at radius 3 is 2.59 bits per heavy atom. The summed E-state index contributed by atoms with van der Waals surface area (Å²) in [5.74, 6) is -0.00473. The molecule has 2 heterocycles. The van der Waals surface area contributed by atoms with Crippen LogP contribution >= 0.6 is 22.9 Å². The molecule has 5 nitrogen and oxygen atoms in total. The Morgan fingerprint density at radius 2 is 1.95 bits per heavy atom. The van der Waals surface area contributed by atoms with Crippen molar-refractivity contribution in [3.05, 3.63) is 40.9 Å². The number of nitrogens with one attached hydrogen (secondary N) is 1. The molecule has 1 saturated heterocycles. The lowest BCUT2D eigenvalue weighted by Gasteiger charge is -2.35. The van der Waals surface area contributed by atoms with Gasteiger partial charge in [0, 0.05) is 48.5 Å². The van der Waals surface area contributed by atoms with Gasteiger partial charge in [-0.05, 0) is 24.3 Å². The number of carbonyl (C=O) groups excluding carboxylic acids is 1. The van der Waals surface area contributed by atoms with Crippen molar-refractivity contribution in [2.45, 2.75) is 0 Å². The molecule has 1 aliphatic rings. The summed E-state index contributed by atoms with van der Waals surface area (Å²) < 4.78 is 0. The number of aromatic nitrogens is 1. The zero-order chi connectivity index (χ0) is 15.4. The molecule has 1 aromatic heterocycles. The Hall–Kier alpha value is -1.63. The van der Waals surface area contributed by atoms with Crippen LogP contribution < -0.4 is 10.2 Å². The van der Waals surface area contributed by atoms with Crippen molar-refractivity contribution in [1.82, 2.24) is 9.88 Å². The maximum Gasteiger partial charge on any atom is 0.240 e. The molecule has 1 aromatic carbocycles. The van der Waals surface area contributed by atoms with E-state index in [1.807, 2.05) is 29.6 Å². The standard InChI is InChI=1S/C15H17ClN4OS/c16-12-1-3-13(4-2-12)20-8-6-19(7-9-20)11-14(21)18-15-17-5-10-22-15/h1-5,10H,6-9,11H2,(H,17,18,21). The fourth-order valence-electron chi connectivity index (χ4n) is 2.46. The normalized spacial score (nSPS) is 15.8. The van der Waals surface area contributed by atoms with Crippen LogP contribution in [0.1, 0.15) is 0 Å². The molecule has 2 aromatic rings. The van der Waals surface area contributed by atoms with Gasteiger partial charge in [-0.2, -0.15) is 0 Å². The van der Waals surface area contributed by atoms with Gasteiger partial charge in [0.15, 0.2) is 5.13 Å². The molecule has 1 fully saturated rings. The molecule has 1 amide bonds. The van der Waals surface area contributed by atoms with Crippen LogP contribution in [0.4, 0.5) is 10.8 Å². The van der Waals surface area contributed by atoms with Crippen molar-refractivity contribution in [2.75, 3.05) is 42.9 Å². The van der Waals surface area contributed by atoms with E-state index in [1.54, 1.807) is 6.20 Å². The average Bonchev–Trinajstić information content (AvgIpc) is 3.02. The van der Waals surface area contributed by atoms with Crippen LogP contribution in [-0.2, 0) is 4.79 Å². The van der Waals surface area contributed by atoms with Crippen LogP contribution in [0.25, 0.3) is 0 Å². The third-order valence-electron chi connectivity index (χ3n) is 3.61. The van der Waals surface area contributed by atoms with Gasteiger partial charge in [-0.3, -0.25) is 9.69 Å². The van der Waals surface area contributed by atoms with Gasteiger partial charge in [0.05, 0.1) is 6.54 Å². The molecule has 3 rings (SSSR count). The molecule has 22 heavy (non-hydrogen) atoms. The highest BCUT2D eigenvalue weighted by Crippen LogP contribution is 2.19. The van der Waals surface area contributed by atoms with E-state index in [2.05, 4.69) is 20.1 Å². The second-order valence-corrected chi connectivity index (χ2v) is 6.46. The third-order valence-corrected chi connectivity index (χ3v) is 4.55. The summed E-state index contributed by atoms with van der Waals surface area (Å²) >= 11 is 7.35. The van der Waals surface area contributed by atoms with Gasteiger partial charge in [-0.25, -0.2) is 4.98 Å². The van der Waals surface area contributed by atoms with Crippen LogP contribution in [0, 0.1) is 0 Å². The van der Waals surface area contributed by atoms with E-state index in [0.717, 1.165) is 31.2 Å². The van der Waals surface area contributed by atoms with E-state index in [4.69, 9.17) is 11.6 Å². The maximum atomic E-state index is 12.0. The van der Waals surface area contributed by atoms with Crippen LogP contribution in [0.15, 0.2) is 35.8 Å². The first kappa shape index (κ1) is 15.3. The van der Waals surface area contributed by atoms with E-state index in [9.17, 15) is 4.79 Å². The highest BCUT2D eigenvalue weighted by molar-refractivity contribution is 7.13. The van der Waals surface area contributed by atoms with Crippen LogP contribution in [0.5, 0.6) is 0 Å². The first-order chi connectivity index (χ1) is 10.7. The Kier molecular flexibility index (Phi) is 4.92.